The molecule has 4 rings (SSSR count). The zero-order valence-electron chi connectivity index (χ0n) is 13.0. The van der Waals surface area contributed by atoms with Crippen LogP contribution in [0.5, 0.6) is 0 Å². The number of aromatic nitrogens is 2. The minimum Gasteiger partial charge on any atom is -0.361 e. The Labute approximate surface area is 137 Å². The van der Waals surface area contributed by atoms with Crippen molar-refractivity contribution in [3.8, 4) is 0 Å². The molecule has 2 aromatic heterocycles. The number of H-pyrrole nitrogens is 1. The van der Waals surface area contributed by atoms with Gasteiger partial charge in [-0.3, -0.25) is 9.59 Å². The number of hydrogen-bond donors (Lipinski definition) is 2. The minimum absolute atomic E-state index is 0.210. The summed E-state index contributed by atoms with van der Waals surface area (Å²) in [4.78, 5) is 27.9. The summed E-state index contributed by atoms with van der Waals surface area (Å²) in [6.45, 7) is 0. The van der Waals surface area contributed by atoms with Crippen molar-refractivity contribution in [1.82, 2.24) is 9.55 Å². The average Bonchev–Trinajstić information content (AvgIpc) is 3.06. The molecule has 0 aliphatic carbocycles. The molecule has 2 heterocycles. The fourth-order valence-electron chi connectivity index (χ4n) is 2.92. The number of hydrogen-bond acceptors (Lipinski definition) is 2. The molecule has 0 fully saturated rings. The number of fused-ring (bicyclic) bond motifs is 2. The highest BCUT2D eigenvalue weighted by molar-refractivity contribution is 6.12. The zero-order chi connectivity index (χ0) is 16.7. The van der Waals surface area contributed by atoms with Gasteiger partial charge >= 0.3 is 0 Å². The molecule has 0 aliphatic heterocycles. The van der Waals surface area contributed by atoms with Crippen LogP contribution in [0.25, 0.3) is 21.8 Å². The first kappa shape index (κ1) is 14.3. The maximum Gasteiger partial charge on any atom is 0.256 e. The Bertz CT molecular complexity index is 1140. The van der Waals surface area contributed by atoms with Crippen LogP contribution in [0.1, 0.15) is 10.4 Å². The van der Waals surface area contributed by atoms with Crippen LogP contribution in [-0.2, 0) is 7.05 Å². The molecule has 5 nitrogen and oxygen atoms in total. The first-order valence-electron chi connectivity index (χ1n) is 7.61. The lowest BCUT2D eigenvalue weighted by Gasteiger charge is -2.10. The Balaban J connectivity index is 1.78. The van der Waals surface area contributed by atoms with Crippen molar-refractivity contribution in [2.75, 3.05) is 5.32 Å². The van der Waals surface area contributed by atoms with Crippen LogP contribution in [0.4, 0.5) is 5.69 Å². The van der Waals surface area contributed by atoms with E-state index in [0.717, 1.165) is 21.8 Å². The normalized spacial score (nSPS) is 11.0. The van der Waals surface area contributed by atoms with Crippen molar-refractivity contribution in [2.24, 2.45) is 7.05 Å². The Kier molecular flexibility index (Phi) is 3.20. The predicted molar refractivity (Wildman–Crippen MR) is 95.4 cm³/mol. The first-order valence-corrected chi connectivity index (χ1v) is 7.61. The van der Waals surface area contributed by atoms with E-state index in [1.165, 1.54) is 10.6 Å². The maximum atomic E-state index is 12.7. The van der Waals surface area contributed by atoms with Gasteiger partial charge in [-0.05, 0) is 29.7 Å². The SMILES string of the molecule is Cn1c(=O)cc(C(=O)Nc2ccc3cc[nH]c3c2)c2ccccc21. The van der Waals surface area contributed by atoms with E-state index in [1.54, 1.807) is 7.05 Å². The molecule has 2 N–H and O–H groups in total. The number of para-hydroxylation sites is 1. The number of amides is 1. The summed E-state index contributed by atoms with van der Waals surface area (Å²) >= 11 is 0. The van der Waals surface area contributed by atoms with Crippen LogP contribution in [0.15, 0.2) is 65.6 Å². The number of carbonyl (C=O) groups is 1. The number of nitrogens with zero attached hydrogens (tertiary/aromatic N) is 1. The molecule has 2 aromatic carbocycles. The van der Waals surface area contributed by atoms with Gasteiger partial charge in [-0.25, -0.2) is 0 Å². The van der Waals surface area contributed by atoms with E-state index in [1.807, 2.05) is 54.7 Å². The molecule has 0 unspecified atom stereocenters. The monoisotopic (exact) mass is 317 g/mol. The highest BCUT2D eigenvalue weighted by Crippen LogP contribution is 2.20. The molecule has 0 atom stereocenters. The largest absolute Gasteiger partial charge is 0.361 e. The lowest BCUT2D eigenvalue weighted by atomic mass is 10.1. The van der Waals surface area contributed by atoms with E-state index in [0.29, 0.717) is 11.3 Å². The van der Waals surface area contributed by atoms with Gasteiger partial charge in [0.15, 0.2) is 0 Å². The molecule has 0 saturated heterocycles. The molecule has 4 aromatic rings. The number of benzene rings is 2. The highest BCUT2D eigenvalue weighted by Gasteiger charge is 2.13. The van der Waals surface area contributed by atoms with Gasteiger partial charge < -0.3 is 14.9 Å². The fraction of sp³-hybridized carbons (Fsp3) is 0.0526. The van der Waals surface area contributed by atoms with E-state index in [9.17, 15) is 9.59 Å². The molecular weight excluding hydrogens is 302 g/mol. The number of aryl methyl sites for hydroxylation is 1. The van der Waals surface area contributed by atoms with Gasteiger partial charge in [-0.15, -0.1) is 0 Å². The number of carbonyl (C=O) groups excluding carboxylic acids is 1. The number of rotatable bonds is 2. The standard InChI is InChI=1S/C19H15N3O2/c1-22-17-5-3-2-4-14(17)15(11-18(22)23)19(24)21-13-7-6-12-8-9-20-16(12)10-13/h2-11,20H,1H3,(H,21,24). The average molecular weight is 317 g/mol. The second-order valence-corrected chi connectivity index (χ2v) is 5.71. The van der Waals surface area contributed by atoms with Crippen molar-refractivity contribution in [1.29, 1.82) is 0 Å². The molecule has 0 bridgehead atoms. The number of pyridine rings is 1. The lowest BCUT2D eigenvalue weighted by Crippen LogP contribution is -2.21. The number of aromatic amines is 1. The minimum atomic E-state index is -0.296. The number of nitrogens with one attached hydrogen (secondary N) is 2. The summed E-state index contributed by atoms with van der Waals surface area (Å²) < 4.78 is 1.54. The van der Waals surface area contributed by atoms with Crippen molar-refractivity contribution >= 4 is 33.4 Å². The Morgan fingerprint density at radius 3 is 2.79 bits per heavy atom. The van der Waals surface area contributed by atoms with Crippen LogP contribution in [-0.4, -0.2) is 15.5 Å². The molecule has 0 saturated carbocycles. The van der Waals surface area contributed by atoms with Gasteiger partial charge in [0.25, 0.3) is 11.5 Å². The van der Waals surface area contributed by atoms with Gasteiger partial charge in [0.05, 0.1) is 11.1 Å². The third-order valence-electron chi connectivity index (χ3n) is 4.21. The van der Waals surface area contributed by atoms with Gasteiger partial charge in [0, 0.05) is 35.9 Å². The Morgan fingerprint density at radius 2 is 1.92 bits per heavy atom. The van der Waals surface area contributed by atoms with Crippen molar-refractivity contribution in [3.05, 3.63) is 76.7 Å². The molecule has 0 aliphatic rings. The first-order chi connectivity index (χ1) is 11.6. The van der Waals surface area contributed by atoms with Gasteiger partial charge in [0.1, 0.15) is 0 Å². The quantitative estimate of drug-likeness (QED) is 0.596. The molecule has 0 spiro atoms. The summed E-state index contributed by atoms with van der Waals surface area (Å²) in [7, 11) is 1.70. The third kappa shape index (κ3) is 2.27. The third-order valence-corrected chi connectivity index (χ3v) is 4.21. The highest BCUT2D eigenvalue weighted by atomic mass is 16.2. The van der Waals surface area contributed by atoms with Crippen LogP contribution in [0, 0.1) is 0 Å². The lowest BCUT2D eigenvalue weighted by molar-refractivity contribution is 0.102. The van der Waals surface area contributed by atoms with E-state index in [4.69, 9.17) is 0 Å². The molecule has 0 radical (unpaired) electrons. The van der Waals surface area contributed by atoms with E-state index < -0.39 is 0 Å². The molecule has 5 heteroatoms. The van der Waals surface area contributed by atoms with Crippen molar-refractivity contribution in [3.63, 3.8) is 0 Å². The van der Waals surface area contributed by atoms with Crippen LogP contribution >= 0.6 is 0 Å². The molecule has 118 valence electrons. The van der Waals surface area contributed by atoms with Gasteiger partial charge in [-0.1, -0.05) is 24.3 Å². The topological polar surface area (TPSA) is 66.9 Å². The van der Waals surface area contributed by atoms with Crippen LogP contribution in [0.3, 0.4) is 0 Å². The summed E-state index contributed by atoms with van der Waals surface area (Å²) in [5.41, 5.74) is 2.52. The smallest absolute Gasteiger partial charge is 0.256 e. The van der Waals surface area contributed by atoms with Crippen molar-refractivity contribution < 1.29 is 4.79 Å². The summed E-state index contributed by atoms with van der Waals surface area (Å²) in [6, 6.07) is 16.4. The summed E-state index contributed by atoms with van der Waals surface area (Å²) in [6.07, 6.45) is 1.85. The summed E-state index contributed by atoms with van der Waals surface area (Å²) in [5.74, 6) is -0.296. The van der Waals surface area contributed by atoms with E-state index in [-0.39, 0.29) is 11.5 Å². The maximum absolute atomic E-state index is 12.7. The zero-order valence-corrected chi connectivity index (χ0v) is 13.0. The second kappa shape index (κ2) is 5.38. The molecule has 1 amide bonds. The summed E-state index contributed by atoms with van der Waals surface area (Å²) in [5, 5.41) is 4.70. The number of anilines is 1. The fourth-order valence-corrected chi connectivity index (χ4v) is 2.92. The van der Waals surface area contributed by atoms with Crippen LogP contribution < -0.4 is 10.9 Å². The van der Waals surface area contributed by atoms with E-state index >= 15 is 0 Å². The van der Waals surface area contributed by atoms with Gasteiger partial charge in [0.2, 0.25) is 0 Å². The van der Waals surface area contributed by atoms with Crippen molar-refractivity contribution in [2.45, 2.75) is 0 Å². The van der Waals surface area contributed by atoms with Crippen LogP contribution in [0.2, 0.25) is 0 Å². The Morgan fingerprint density at radius 1 is 1.08 bits per heavy atom. The Hall–Kier alpha value is -3.34. The molecular formula is C19H15N3O2. The second-order valence-electron chi connectivity index (χ2n) is 5.71. The predicted octanol–water partition coefficient (Wildman–Crippen LogP) is 3.27. The van der Waals surface area contributed by atoms with E-state index in [2.05, 4.69) is 10.3 Å². The molecule has 24 heavy (non-hydrogen) atoms. The van der Waals surface area contributed by atoms with Gasteiger partial charge in [-0.2, -0.15) is 0 Å².